The Kier molecular flexibility index (Phi) is 7.51. The fraction of sp³-hybridized carbons (Fsp3) is 0.636. The Morgan fingerprint density at radius 1 is 1.03 bits per heavy atom. The summed E-state index contributed by atoms with van der Waals surface area (Å²) in [5, 5.41) is 2.35. The number of nitrogens with zero attached hydrogens (tertiary/aromatic N) is 1. The molecule has 6 nitrogen and oxygen atoms in total. The average molecular weight is 495 g/mol. The Morgan fingerprint density at radius 2 is 1.59 bits per heavy atom. The summed E-state index contributed by atoms with van der Waals surface area (Å²) < 4.78 is 83.9. The number of hydrogen-bond acceptors (Lipinski definition) is 4. The molecule has 190 valence electrons. The number of benzene rings is 1. The minimum atomic E-state index is -5.00. The molecule has 34 heavy (non-hydrogen) atoms. The molecular weight excluding hydrogens is 468 g/mol. The van der Waals surface area contributed by atoms with Crippen molar-refractivity contribution in [2.75, 3.05) is 20.3 Å². The highest BCUT2D eigenvalue weighted by Gasteiger charge is 2.51. The number of alkyl halides is 6. The second-order valence-corrected chi connectivity index (χ2v) is 8.95. The van der Waals surface area contributed by atoms with Gasteiger partial charge in [0.1, 0.15) is 5.41 Å². The Labute approximate surface area is 192 Å². The first-order chi connectivity index (χ1) is 15.7. The normalized spacial score (nSPS) is 24.4. The van der Waals surface area contributed by atoms with Gasteiger partial charge in [-0.05, 0) is 62.9 Å². The Bertz CT molecular complexity index is 882. The van der Waals surface area contributed by atoms with Crippen LogP contribution >= 0.6 is 0 Å². The fourth-order valence-electron chi connectivity index (χ4n) is 4.77. The van der Waals surface area contributed by atoms with E-state index in [0.29, 0.717) is 31.8 Å². The number of nitrogens with two attached hydrogens (primary N) is 1. The summed E-state index contributed by atoms with van der Waals surface area (Å²) in [7, 11) is 1.90. The molecule has 1 unspecified atom stereocenters. The van der Waals surface area contributed by atoms with E-state index in [1.54, 1.807) is 0 Å². The Morgan fingerprint density at radius 3 is 2.09 bits per heavy atom. The minimum absolute atomic E-state index is 0.0178. The summed E-state index contributed by atoms with van der Waals surface area (Å²) in [5.41, 5.74) is 0.647. The number of carbonyl (C=O) groups is 2. The summed E-state index contributed by atoms with van der Waals surface area (Å²) >= 11 is 0. The van der Waals surface area contributed by atoms with Gasteiger partial charge in [0.2, 0.25) is 11.8 Å². The van der Waals surface area contributed by atoms with E-state index in [1.165, 1.54) is 0 Å². The molecule has 1 saturated heterocycles. The molecule has 0 aromatic heterocycles. The van der Waals surface area contributed by atoms with Crippen molar-refractivity contribution in [2.45, 2.75) is 63.1 Å². The van der Waals surface area contributed by atoms with Crippen LogP contribution in [0.15, 0.2) is 18.2 Å². The van der Waals surface area contributed by atoms with Gasteiger partial charge >= 0.3 is 12.4 Å². The molecule has 2 atom stereocenters. The molecule has 0 bridgehead atoms. The fourth-order valence-corrected chi connectivity index (χ4v) is 4.77. The van der Waals surface area contributed by atoms with E-state index in [9.17, 15) is 35.9 Å². The molecule has 1 aliphatic heterocycles. The number of rotatable bonds is 6. The third-order valence-electron chi connectivity index (χ3n) is 6.84. The summed E-state index contributed by atoms with van der Waals surface area (Å²) in [6, 6.07) is 1.21. The van der Waals surface area contributed by atoms with E-state index >= 15 is 0 Å². The molecule has 0 spiro atoms. The van der Waals surface area contributed by atoms with Crippen molar-refractivity contribution in [3.8, 4) is 0 Å². The second kappa shape index (κ2) is 9.73. The van der Waals surface area contributed by atoms with Crippen molar-refractivity contribution < 1.29 is 40.7 Å². The van der Waals surface area contributed by atoms with E-state index in [-0.39, 0.29) is 36.6 Å². The minimum Gasteiger partial charge on any atom is -0.381 e. The highest BCUT2D eigenvalue weighted by atomic mass is 19.4. The molecule has 1 aromatic carbocycles. The van der Waals surface area contributed by atoms with Gasteiger partial charge in [-0.1, -0.05) is 0 Å². The van der Waals surface area contributed by atoms with Crippen molar-refractivity contribution in [1.29, 1.82) is 0 Å². The lowest BCUT2D eigenvalue weighted by atomic mass is 9.83. The van der Waals surface area contributed by atoms with Crippen LogP contribution in [-0.4, -0.2) is 49.1 Å². The molecule has 1 saturated carbocycles. The van der Waals surface area contributed by atoms with Crippen LogP contribution in [0.2, 0.25) is 0 Å². The largest absolute Gasteiger partial charge is 0.416 e. The number of primary amides is 1. The maximum atomic E-state index is 13.1. The number of hydrogen-bond donors (Lipinski definition) is 2. The number of ether oxygens (including phenoxy) is 1. The van der Waals surface area contributed by atoms with Crippen molar-refractivity contribution >= 4 is 11.8 Å². The standard InChI is InChI=1S/C22H27F6N3O3/c1-31(16-3-6-34-7-4-16)17-2-5-20(11-17,18(29)32)19(33)30-12-13-8-14(21(23,24)25)10-15(9-13)22(26,27)28/h8-10,16-17H,2-7,11-12H2,1H3,(H2,29,32)(H,30,33)/t17?,20-/m0/s1. The predicted molar refractivity (Wildman–Crippen MR) is 109 cm³/mol. The Balaban J connectivity index is 1.75. The Hall–Kier alpha value is -2.34. The zero-order chi connectivity index (χ0) is 25.3. The number of amides is 2. The highest BCUT2D eigenvalue weighted by Crippen LogP contribution is 2.42. The molecule has 2 amide bonds. The van der Waals surface area contributed by atoms with Crippen LogP contribution in [0.4, 0.5) is 26.3 Å². The molecule has 3 N–H and O–H groups in total. The average Bonchev–Trinajstić information content (AvgIpc) is 3.23. The van der Waals surface area contributed by atoms with Gasteiger partial charge in [0.25, 0.3) is 0 Å². The molecule has 1 aliphatic carbocycles. The van der Waals surface area contributed by atoms with Crippen LogP contribution in [0.3, 0.4) is 0 Å². The quantitative estimate of drug-likeness (QED) is 0.468. The predicted octanol–water partition coefficient (Wildman–Crippen LogP) is 3.48. The number of halogens is 6. The van der Waals surface area contributed by atoms with E-state index in [2.05, 4.69) is 10.2 Å². The molecule has 2 fully saturated rings. The van der Waals surface area contributed by atoms with Crippen molar-refractivity contribution in [2.24, 2.45) is 11.1 Å². The SMILES string of the molecule is CN(C1CCOCC1)C1CC[C@](C(N)=O)(C(=O)NCc2cc(C(F)(F)F)cc(C(F)(F)F)c2)C1. The van der Waals surface area contributed by atoms with Crippen LogP contribution < -0.4 is 11.1 Å². The molecule has 1 aromatic rings. The van der Waals surface area contributed by atoms with Crippen molar-refractivity contribution in [3.05, 3.63) is 34.9 Å². The van der Waals surface area contributed by atoms with Crippen LogP contribution in [-0.2, 0) is 33.2 Å². The van der Waals surface area contributed by atoms with Gasteiger partial charge < -0.3 is 20.7 Å². The number of nitrogens with one attached hydrogen (secondary N) is 1. The van der Waals surface area contributed by atoms with Crippen molar-refractivity contribution in [1.82, 2.24) is 10.2 Å². The molecule has 2 aliphatic rings. The zero-order valence-electron chi connectivity index (χ0n) is 18.6. The lowest BCUT2D eigenvalue weighted by Crippen LogP contribution is -2.50. The van der Waals surface area contributed by atoms with Gasteiger partial charge in [-0.3, -0.25) is 9.59 Å². The third kappa shape index (κ3) is 5.65. The first-order valence-corrected chi connectivity index (χ1v) is 10.9. The van der Waals surface area contributed by atoms with E-state index < -0.39 is 47.3 Å². The van der Waals surface area contributed by atoms with Crippen LogP contribution in [0.25, 0.3) is 0 Å². The summed E-state index contributed by atoms with van der Waals surface area (Å²) in [6.45, 7) is 0.613. The van der Waals surface area contributed by atoms with E-state index in [4.69, 9.17) is 10.5 Å². The van der Waals surface area contributed by atoms with Gasteiger partial charge in [-0.25, -0.2) is 0 Å². The molecule has 0 radical (unpaired) electrons. The van der Waals surface area contributed by atoms with Gasteiger partial charge in [-0.15, -0.1) is 0 Å². The molecule has 1 heterocycles. The van der Waals surface area contributed by atoms with Gasteiger partial charge in [0.15, 0.2) is 0 Å². The van der Waals surface area contributed by atoms with Gasteiger partial charge in [-0.2, -0.15) is 26.3 Å². The van der Waals surface area contributed by atoms with Gasteiger partial charge in [0.05, 0.1) is 11.1 Å². The topological polar surface area (TPSA) is 84.7 Å². The molecule has 3 rings (SSSR count). The van der Waals surface area contributed by atoms with Crippen molar-refractivity contribution in [3.63, 3.8) is 0 Å². The van der Waals surface area contributed by atoms with Crippen LogP contribution in [0.1, 0.15) is 48.8 Å². The van der Waals surface area contributed by atoms with Gasteiger partial charge in [0, 0.05) is 31.8 Å². The van der Waals surface area contributed by atoms with E-state index in [1.807, 2.05) is 7.05 Å². The van der Waals surface area contributed by atoms with E-state index in [0.717, 1.165) is 12.8 Å². The molecular formula is C22H27F6N3O3. The summed E-state index contributed by atoms with van der Waals surface area (Å²) in [4.78, 5) is 27.4. The number of carbonyl (C=O) groups excluding carboxylic acids is 2. The lowest BCUT2D eigenvalue weighted by Gasteiger charge is -2.36. The highest BCUT2D eigenvalue weighted by molar-refractivity contribution is 6.04. The monoisotopic (exact) mass is 495 g/mol. The maximum Gasteiger partial charge on any atom is 0.416 e. The first kappa shape index (κ1) is 26.3. The summed E-state index contributed by atoms with van der Waals surface area (Å²) in [6.07, 6.45) is -7.61. The maximum absolute atomic E-state index is 13.1. The zero-order valence-corrected chi connectivity index (χ0v) is 18.6. The molecule has 12 heteroatoms. The third-order valence-corrected chi connectivity index (χ3v) is 6.84. The smallest absolute Gasteiger partial charge is 0.381 e. The summed E-state index contributed by atoms with van der Waals surface area (Å²) in [5.74, 6) is -1.67. The van der Waals surface area contributed by atoms with Crippen LogP contribution in [0.5, 0.6) is 0 Å². The first-order valence-electron chi connectivity index (χ1n) is 10.9. The van der Waals surface area contributed by atoms with Crippen LogP contribution in [0, 0.1) is 5.41 Å². The second-order valence-electron chi connectivity index (χ2n) is 8.95. The lowest BCUT2D eigenvalue weighted by molar-refractivity contribution is -0.143.